The summed E-state index contributed by atoms with van der Waals surface area (Å²) in [6.07, 6.45) is 0.358. The Bertz CT molecular complexity index is 1090. The maximum Gasteiger partial charge on any atom is 0.320 e. The lowest BCUT2D eigenvalue weighted by molar-refractivity contribution is -0.121. The number of carbonyl (C=O) groups is 1. The summed E-state index contributed by atoms with van der Waals surface area (Å²) < 4.78 is 28.0. The van der Waals surface area contributed by atoms with Crippen LogP contribution in [0.4, 0.5) is 8.78 Å². The quantitative estimate of drug-likeness (QED) is 0.634. The van der Waals surface area contributed by atoms with Gasteiger partial charge in [-0.25, -0.2) is 9.97 Å². The van der Waals surface area contributed by atoms with Gasteiger partial charge in [0.05, 0.1) is 11.0 Å². The van der Waals surface area contributed by atoms with Gasteiger partial charge >= 0.3 is 6.55 Å². The molecule has 0 radical (unpaired) electrons. The fourth-order valence-electron chi connectivity index (χ4n) is 3.35. The number of rotatable bonds is 7. The van der Waals surface area contributed by atoms with Crippen molar-refractivity contribution in [2.24, 2.45) is 0 Å². The van der Waals surface area contributed by atoms with Crippen LogP contribution in [0.5, 0.6) is 0 Å². The normalized spacial score (nSPS) is 12.5. The van der Waals surface area contributed by atoms with Gasteiger partial charge < -0.3 is 10.3 Å². The second kappa shape index (κ2) is 8.50. The standard InChI is InChI=1S/C20H23F2N5O2/c1-11(18-26-15-6-4-5-7-16(15)27(18)20(21)22)10-23-17(28)9-8-14-12(2)24-13(3)25-19(14)29/h4-7,11,20H,8-10H2,1-3H3,(H,23,28)(H,24,25,29). The minimum atomic E-state index is -2.72. The van der Waals surface area contributed by atoms with Crippen molar-refractivity contribution in [3.8, 4) is 0 Å². The highest BCUT2D eigenvalue weighted by atomic mass is 19.3. The number of imidazole rings is 1. The molecule has 0 aliphatic rings. The second-order valence-electron chi connectivity index (χ2n) is 7.03. The molecule has 1 unspecified atom stereocenters. The third-order valence-corrected chi connectivity index (χ3v) is 4.81. The second-order valence-corrected chi connectivity index (χ2v) is 7.03. The molecule has 2 aromatic heterocycles. The molecule has 0 aliphatic carbocycles. The SMILES string of the molecule is Cc1nc(C)c(CCC(=O)NCC(C)c2nc3ccccc3n2C(F)F)c(=O)[nH]1. The lowest BCUT2D eigenvalue weighted by atomic mass is 10.1. The van der Waals surface area contributed by atoms with E-state index in [1.165, 1.54) is 0 Å². The van der Waals surface area contributed by atoms with Crippen LogP contribution in [0, 0.1) is 13.8 Å². The van der Waals surface area contributed by atoms with E-state index in [2.05, 4.69) is 20.3 Å². The van der Waals surface area contributed by atoms with Gasteiger partial charge in [-0.1, -0.05) is 19.1 Å². The number of benzene rings is 1. The van der Waals surface area contributed by atoms with Gasteiger partial charge in [0, 0.05) is 30.1 Å². The maximum atomic E-state index is 13.6. The molecule has 2 N–H and O–H groups in total. The van der Waals surface area contributed by atoms with Crippen molar-refractivity contribution in [2.75, 3.05) is 6.54 Å². The van der Waals surface area contributed by atoms with Crippen LogP contribution in [0.2, 0.25) is 0 Å². The molecule has 7 nitrogen and oxygen atoms in total. The summed E-state index contributed by atoms with van der Waals surface area (Å²) in [5, 5.41) is 2.74. The molecule has 2 heterocycles. The van der Waals surface area contributed by atoms with E-state index in [4.69, 9.17) is 0 Å². The van der Waals surface area contributed by atoms with Crippen molar-refractivity contribution in [1.29, 1.82) is 0 Å². The van der Waals surface area contributed by atoms with Crippen molar-refractivity contribution >= 4 is 16.9 Å². The largest absolute Gasteiger partial charge is 0.355 e. The van der Waals surface area contributed by atoms with Gasteiger partial charge in [-0.3, -0.25) is 14.2 Å². The summed E-state index contributed by atoms with van der Waals surface area (Å²) >= 11 is 0. The molecule has 0 bridgehead atoms. The first-order valence-electron chi connectivity index (χ1n) is 9.36. The van der Waals surface area contributed by atoms with Gasteiger partial charge in [-0.2, -0.15) is 8.78 Å². The van der Waals surface area contributed by atoms with E-state index < -0.39 is 12.5 Å². The van der Waals surface area contributed by atoms with E-state index in [1.807, 2.05) is 0 Å². The van der Waals surface area contributed by atoms with E-state index in [0.29, 0.717) is 28.1 Å². The third kappa shape index (κ3) is 4.49. The van der Waals surface area contributed by atoms with E-state index in [1.54, 1.807) is 45.0 Å². The van der Waals surface area contributed by atoms with Crippen LogP contribution < -0.4 is 10.9 Å². The Labute approximate surface area is 166 Å². The Hall–Kier alpha value is -3.10. The van der Waals surface area contributed by atoms with E-state index >= 15 is 0 Å². The zero-order valence-electron chi connectivity index (χ0n) is 16.5. The maximum absolute atomic E-state index is 13.6. The van der Waals surface area contributed by atoms with Crippen LogP contribution in [0.3, 0.4) is 0 Å². The number of aryl methyl sites for hydroxylation is 2. The number of hydrogen-bond donors (Lipinski definition) is 2. The number of hydrogen-bond acceptors (Lipinski definition) is 4. The number of amides is 1. The number of aromatic amines is 1. The molecule has 0 spiro atoms. The fourth-order valence-corrected chi connectivity index (χ4v) is 3.35. The highest BCUT2D eigenvalue weighted by molar-refractivity contribution is 5.77. The molecule has 29 heavy (non-hydrogen) atoms. The van der Waals surface area contributed by atoms with Crippen LogP contribution in [0.15, 0.2) is 29.1 Å². The zero-order valence-corrected chi connectivity index (χ0v) is 16.5. The number of nitrogens with zero attached hydrogens (tertiary/aromatic N) is 3. The van der Waals surface area contributed by atoms with Gasteiger partial charge in [0.1, 0.15) is 11.6 Å². The average molecular weight is 403 g/mol. The Morgan fingerprint density at radius 1 is 1.24 bits per heavy atom. The molecule has 1 atom stereocenters. The first-order chi connectivity index (χ1) is 13.8. The third-order valence-electron chi connectivity index (χ3n) is 4.81. The molecule has 3 rings (SSSR count). The molecule has 0 aliphatic heterocycles. The van der Waals surface area contributed by atoms with E-state index in [-0.39, 0.29) is 36.7 Å². The summed E-state index contributed by atoms with van der Waals surface area (Å²) in [4.78, 5) is 35.4. The molecule has 0 fully saturated rings. The average Bonchev–Trinajstić information content (AvgIpc) is 3.05. The van der Waals surface area contributed by atoms with Gasteiger partial charge in [0.25, 0.3) is 5.56 Å². The molecular weight excluding hydrogens is 380 g/mol. The summed E-state index contributed by atoms with van der Waals surface area (Å²) in [7, 11) is 0. The molecule has 0 saturated carbocycles. The van der Waals surface area contributed by atoms with Crippen LogP contribution >= 0.6 is 0 Å². The Balaban J connectivity index is 1.65. The Morgan fingerprint density at radius 2 is 1.97 bits per heavy atom. The number of para-hydroxylation sites is 2. The lowest BCUT2D eigenvalue weighted by Gasteiger charge is -2.15. The van der Waals surface area contributed by atoms with E-state index in [9.17, 15) is 18.4 Å². The fraction of sp³-hybridized carbons (Fsp3) is 0.400. The number of fused-ring (bicyclic) bond motifs is 1. The van der Waals surface area contributed by atoms with Crippen molar-refractivity contribution < 1.29 is 13.6 Å². The molecule has 1 aromatic carbocycles. The smallest absolute Gasteiger partial charge is 0.320 e. The van der Waals surface area contributed by atoms with Gasteiger partial charge in [-0.05, 0) is 32.4 Å². The van der Waals surface area contributed by atoms with Crippen molar-refractivity contribution in [3.05, 3.63) is 57.5 Å². The number of alkyl halides is 2. The summed E-state index contributed by atoms with van der Waals surface area (Å²) in [5.74, 6) is 0.0652. The van der Waals surface area contributed by atoms with Crippen LogP contribution in [-0.4, -0.2) is 32.0 Å². The highest BCUT2D eigenvalue weighted by Gasteiger charge is 2.22. The highest BCUT2D eigenvalue weighted by Crippen LogP contribution is 2.27. The van der Waals surface area contributed by atoms with Gasteiger partial charge in [0.2, 0.25) is 5.91 Å². The monoisotopic (exact) mass is 403 g/mol. The molecule has 3 aromatic rings. The van der Waals surface area contributed by atoms with Crippen molar-refractivity contribution in [3.63, 3.8) is 0 Å². The lowest BCUT2D eigenvalue weighted by Crippen LogP contribution is -2.29. The van der Waals surface area contributed by atoms with Crippen LogP contribution in [0.25, 0.3) is 11.0 Å². The molecule has 9 heteroatoms. The summed E-state index contributed by atoms with van der Waals surface area (Å²) in [5.41, 5.74) is 1.66. The van der Waals surface area contributed by atoms with E-state index in [0.717, 1.165) is 4.57 Å². The molecule has 0 saturated heterocycles. The molecule has 154 valence electrons. The van der Waals surface area contributed by atoms with Crippen molar-refractivity contribution in [1.82, 2.24) is 24.8 Å². The number of halogens is 2. The molecular formula is C20H23F2N5O2. The number of aromatic nitrogens is 4. The van der Waals surface area contributed by atoms with Crippen LogP contribution in [0.1, 0.15) is 48.7 Å². The predicted octanol–water partition coefficient (Wildman–Crippen LogP) is 2.98. The Kier molecular flexibility index (Phi) is 6.05. The minimum absolute atomic E-state index is 0.104. The number of carbonyl (C=O) groups excluding carboxylic acids is 1. The minimum Gasteiger partial charge on any atom is -0.355 e. The summed E-state index contributed by atoms with van der Waals surface area (Å²) in [6.45, 7) is 2.60. The first-order valence-corrected chi connectivity index (χ1v) is 9.36. The van der Waals surface area contributed by atoms with Crippen LogP contribution in [-0.2, 0) is 11.2 Å². The number of nitrogens with one attached hydrogen (secondary N) is 2. The zero-order chi connectivity index (χ0) is 21.1. The molecule has 1 amide bonds. The first kappa shape index (κ1) is 20.6. The Morgan fingerprint density at radius 3 is 2.66 bits per heavy atom. The summed E-state index contributed by atoms with van der Waals surface area (Å²) in [6, 6.07) is 6.70. The van der Waals surface area contributed by atoms with Gasteiger partial charge in [0.15, 0.2) is 0 Å². The topological polar surface area (TPSA) is 92.7 Å². The van der Waals surface area contributed by atoms with Crippen molar-refractivity contribution in [2.45, 2.75) is 46.1 Å². The van der Waals surface area contributed by atoms with Gasteiger partial charge in [-0.15, -0.1) is 0 Å². The number of H-pyrrole nitrogens is 1. The predicted molar refractivity (Wildman–Crippen MR) is 105 cm³/mol.